The van der Waals surface area contributed by atoms with Gasteiger partial charge in [0.25, 0.3) is 0 Å². The van der Waals surface area contributed by atoms with E-state index in [0.29, 0.717) is 6.04 Å². The van der Waals surface area contributed by atoms with Gasteiger partial charge in [0.15, 0.2) is 0 Å². The topological polar surface area (TPSA) is 64.8 Å². The van der Waals surface area contributed by atoms with E-state index in [9.17, 15) is 0 Å². The lowest BCUT2D eigenvalue weighted by Crippen LogP contribution is -2.41. The summed E-state index contributed by atoms with van der Waals surface area (Å²) in [4.78, 5) is 10.9. The molecular weight excluding hydrogens is 286 g/mol. The number of hydrogen-bond acceptors (Lipinski definition) is 5. The van der Waals surface area contributed by atoms with Crippen molar-refractivity contribution < 1.29 is 0 Å². The highest BCUT2D eigenvalue weighted by Crippen LogP contribution is 2.17. The molecule has 0 aliphatic carbocycles. The normalized spacial score (nSPS) is 18.3. The minimum Gasteiger partial charge on any atom is -0.366 e. The largest absolute Gasteiger partial charge is 0.366 e. The van der Waals surface area contributed by atoms with Crippen molar-refractivity contribution in [2.24, 2.45) is 0 Å². The molecule has 1 aliphatic rings. The predicted octanol–water partition coefficient (Wildman–Crippen LogP) is 2.73. The van der Waals surface area contributed by atoms with Gasteiger partial charge in [-0.25, -0.2) is 9.97 Å². The van der Waals surface area contributed by atoms with E-state index in [1.807, 2.05) is 31.2 Å². The molecule has 1 fully saturated rings. The number of benzene rings is 1. The van der Waals surface area contributed by atoms with Crippen molar-refractivity contribution in [2.75, 3.05) is 18.4 Å². The van der Waals surface area contributed by atoms with Gasteiger partial charge in [-0.15, -0.1) is 0 Å². The van der Waals surface area contributed by atoms with Gasteiger partial charge < -0.3 is 5.32 Å². The Balaban J connectivity index is 1.60. The lowest BCUT2D eigenvalue weighted by atomic mass is 10.0. The highest BCUT2D eigenvalue weighted by atomic mass is 15.2. The molecule has 1 aromatic heterocycles. The third-order valence-electron chi connectivity index (χ3n) is 4.12. The third kappa shape index (κ3) is 4.27. The molecule has 0 radical (unpaired) electrons. The Morgan fingerprint density at radius 1 is 1.35 bits per heavy atom. The molecule has 3 rings (SSSR count). The molecule has 1 aliphatic heterocycles. The molecule has 23 heavy (non-hydrogen) atoms. The molecule has 118 valence electrons. The molecule has 1 aromatic carbocycles. The monoisotopic (exact) mass is 307 g/mol. The minimum absolute atomic E-state index is 0.400. The zero-order valence-electron chi connectivity index (χ0n) is 13.4. The van der Waals surface area contributed by atoms with E-state index < -0.39 is 0 Å². The maximum atomic E-state index is 9.01. The lowest BCUT2D eigenvalue weighted by molar-refractivity contribution is 0.208. The fourth-order valence-corrected chi connectivity index (χ4v) is 3.06. The fraction of sp³-hybridized carbons (Fsp3) is 0.389. The van der Waals surface area contributed by atoms with Crippen LogP contribution in [0.2, 0.25) is 0 Å². The second-order valence-corrected chi connectivity index (χ2v) is 6.08. The van der Waals surface area contributed by atoms with E-state index in [1.54, 1.807) is 6.33 Å². The molecule has 2 heterocycles. The van der Waals surface area contributed by atoms with Crippen LogP contribution >= 0.6 is 0 Å². The van der Waals surface area contributed by atoms with Crippen molar-refractivity contribution in [2.45, 2.75) is 32.4 Å². The third-order valence-corrected chi connectivity index (χ3v) is 4.12. The fourth-order valence-electron chi connectivity index (χ4n) is 3.06. The zero-order chi connectivity index (χ0) is 16.1. The van der Waals surface area contributed by atoms with Crippen LogP contribution in [0.5, 0.6) is 0 Å². The number of nitrogens with zero attached hydrogens (tertiary/aromatic N) is 4. The number of aromatic nitrogens is 2. The highest BCUT2D eigenvalue weighted by Gasteiger charge is 2.20. The number of rotatable bonds is 4. The Bertz CT molecular complexity index is 707. The van der Waals surface area contributed by atoms with Gasteiger partial charge in [0, 0.05) is 30.9 Å². The first kappa shape index (κ1) is 15.4. The lowest BCUT2D eigenvalue weighted by Gasteiger charge is -2.33. The summed E-state index contributed by atoms with van der Waals surface area (Å²) in [6, 6.07) is 12.5. The number of likely N-dealkylation sites (tertiary alicyclic amines) is 1. The van der Waals surface area contributed by atoms with Gasteiger partial charge in [-0.3, -0.25) is 4.90 Å². The molecule has 1 unspecified atom stereocenters. The molecular formula is C18H21N5. The van der Waals surface area contributed by atoms with E-state index >= 15 is 0 Å². The van der Waals surface area contributed by atoms with Gasteiger partial charge in [-0.2, -0.15) is 5.26 Å². The Labute approximate surface area is 137 Å². The van der Waals surface area contributed by atoms with Crippen LogP contribution in [0.3, 0.4) is 0 Å². The number of hydrogen-bond donors (Lipinski definition) is 1. The van der Waals surface area contributed by atoms with E-state index in [0.717, 1.165) is 43.1 Å². The summed E-state index contributed by atoms with van der Waals surface area (Å²) in [6.45, 7) is 4.94. The molecule has 0 saturated carbocycles. The van der Waals surface area contributed by atoms with Gasteiger partial charge in [0.1, 0.15) is 12.1 Å². The first-order valence-electron chi connectivity index (χ1n) is 7.99. The Hall–Kier alpha value is -2.45. The van der Waals surface area contributed by atoms with Gasteiger partial charge in [0.2, 0.25) is 0 Å². The average Bonchev–Trinajstić information content (AvgIpc) is 2.55. The van der Waals surface area contributed by atoms with Crippen molar-refractivity contribution in [1.82, 2.24) is 14.9 Å². The molecule has 0 spiro atoms. The second kappa shape index (κ2) is 7.21. The molecule has 5 heteroatoms. The number of anilines is 1. The van der Waals surface area contributed by atoms with E-state index in [-0.39, 0.29) is 0 Å². The van der Waals surface area contributed by atoms with Crippen LogP contribution in [0.1, 0.15) is 29.7 Å². The summed E-state index contributed by atoms with van der Waals surface area (Å²) < 4.78 is 0. The number of piperidine rings is 1. The summed E-state index contributed by atoms with van der Waals surface area (Å²) in [5, 5.41) is 12.5. The van der Waals surface area contributed by atoms with Gasteiger partial charge >= 0.3 is 0 Å². The van der Waals surface area contributed by atoms with Crippen molar-refractivity contribution in [3.63, 3.8) is 0 Å². The van der Waals surface area contributed by atoms with E-state index in [4.69, 9.17) is 5.26 Å². The summed E-state index contributed by atoms with van der Waals surface area (Å²) in [6.07, 6.45) is 3.92. The minimum atomic E-state index is 0.400. The Morgan fingerprint density at radius 2 is 2.26 bits per heavy atom. The first-order chi connectivity index (χ1) is 11.2. The summed E-state index contributed by atoms with van der Waals surface area (Å²) in [7, 11) is 0. The van der Waals surface area contributed by atoms with Crippen molar-refractivity contribution in [1.29, 1.82) is 5.26 Å². The summed E-state index contributed by atoms with van der Waals surface area (Å²) in [5.41, 5.74) is 2.90. The average molecular weight is 307 g/mol. The van der Waals surface area contributed by atoms with Gasteiger partial charge in [-0.1, -0.05) is 12.1 Å². The summed E-state index contributed by atoms with van der Waals surface area (Å²) >= 11 is 0. The van der Waals surface area contributed by atoms with Crippen LogP contribution in [0.25, 0.3) is 0 Å². The van der Waals surface area contributed by atoms with Crippen LogP contribution in [0.4, 0.5) is 5.82 Å². The number of nitriles is 1. The highest BCUT2D eigenvalue weighted by molar-refractivity contribution is 5.36. The van der Waals surface area contributed by atoms with Crippen molar-refractivity contribution >= 4 is 5.82 Å². The van der Waals surface area contributed by atoms with Crippen LogP contribution < -0.4 is 5.32 Å². The maximum Gasteiger partial charge on any atom is 0.129 e. The number of nitrogens with one attached hydrogen (secondary N) is 1. The van der Waals surface area contributed by atoms with Crippen LogP contribution in [0.15, 0.2) is 36.7 Å². The molecule has 5 nitrogen and oxygen atoms in total. The van der Waals surface area contributed by atoms with Gasteiger partial charge in [0.05, 0.1) is 11.6 Å². The molecule has 1 N–H and O–H groups in total. The Morgan fingerprint density at radius 3 is 3.09 bits per heavy atom. The van der Waals surface area contributed by atoms with E-state index in [1.165, 1.54) is 12.0 Å². The van der Waals surface area contributed by atoms with E-state index in [2.05, 4.69) is 32.3 Å². The molecule has 0 amide bonds. The molecule has 2 aromatic rings. The SMILES string of the molecule is Cc1cc(NC2CCCN(Cc3cccc(C#N)c3)C2)ncn1. The first-order valence-corrected chi connectivity index (χ1v) is 7.99. The van der Waals surface area contributed by atoms with Crippen molar-refractivity contribution in [3.8, 4) is 6.07 Å². The van der Waals surface area contributed by atoms with Crippen LogP contribution in [-0.4, -0.2) is 34.0 Å². The Kier molecular flexibility index (Phi) is 4.84. The molecule has 1 atom stereocenters. The predicted molar refractivity (Wildman–Crippen MR) is 89.8 cm³/mol. The smallest absolute Gasteiger partial charge is 0.129 e. The van der Waals surface area contributed by atoms with Crippen LogP contribution in [-0.2, 0) is 6.54 Å². The maximum absolute atomic E-state index is 9.01. The summed E-state index contributed by atoms with van der Waals surface area (Å²) in [5.74, 6) is 0.899. The van der Waals surface area contributed by atoms with Crippen molar-refractivity contribution in [3.05, 3.63) is 53.5 Å². The molecule has 0 bridgehead atoms. The number of aryl methyl sites for hydroxylation is 1. The standard InChI is InChI=1S/C18H21N5/c1-14-8-18(21-13-20-14)22-17-6-3-7-23(12-17)11-16-5-2-4-15(9-16)10-19/h2,4-5,8-9,13,17H,3,6-7,11-12H2,1H3,(H,20,21,22). The van der Waals surface area contributed by atoms with Crippen LogP contribution in [0, 0.1) is 18.3 Å². The second-order valence-electron chi connectivity index (χ2n) is 6.08. The molecule has 1 saturated heterocycles. The quantitative estimate of drug-likeness (QED) is 0.941. The zero-order valence-corrected chi connectivity index (χ0v) is 13.4. The van der Waals surface area contributed by atoms with Gasteiger partial charge in [-0.05, 0) is 44.0 Å².